The Labute approximate surface area is 398 Å². The van der Waals surface area contributed by atoms with E-state index in [9.17, 15) is 5.48 Å². The molecule has 0 aliphatic rings. The maximum absolute atomic E-state index is 9.29. The molecule has 4 aromatic heterocycles. The third kappa shape index (κ3) is 9.68. The van der Waals surface area contributed by atoms with Gasteiger partial charge in [-0.15, -0.1) is 17.5 Å². The second-order valence-electron chi connectivity index (χ2n) is 19.2. The van der Waals surface area contributed by atoms with Crippen molar-refractivity contribution in [3.63, 3.8) is 0 Å². The zero-order chi connectivity index (χ0) is 47.7. The number of pyridine rings is 2. The molecule has 0 fully saturated rings. The number of fused-ring (bicyclic) bond motifs is 3. The molecule has 0 aliphatic heterocycles. The Kier molecular flexibility index (Phi) is 10.8. The van der Waals surface area contributed by atoms with Crippen molar-refractivity contribution in [3.05, 3.63) is 181 Å². The van der Waals surface area contributed by atoms with Crippen molar-refractivity contribution in [2.45, 2.75) is 80.5 Å². The topological polar surface area (TPSA) is 48.8 Å². The molecule has 7 heteroatoms. The fraction of sp³-hybridized carbons (Fsp3) is 0.246. The van der Waals surface area contributed by atoms with Crippen LogP contribution >= 0.6 is 0 Å². The first-order valence-electron chi connectivity index (χ1n) is 23.5. The van der Waals surface area contributed by atoms with Crippen molar-refractivity contribution in [2.24, 2.45) is 10.8 Å². The van der Waals surface area contributed by atoms with E-state index in [4.69, 9.17) is 14.7 Å². The molecule has 0 radical (unpaired) electrons. The maximum Gasteiger partial charge on any atom is 0.269 e. The van der Waals surface area contributed by atoms with Crippen LogP contribution in [-0.2, 0) is 39.2 Å². The SMILES string of the molecule is [2H]C([2H])(c1cc(-[n+]2[c-]n(-c3[c-]c(Oc4[c-]c5c(cc4)c4cc(-c6ccccc6)ccc4n5-c4cc(C(C)(C)C)ccn4)ccn3)cc2-c2ccccc2)cc(C([2H])([2H])C(C)(C)C)c1)C(C)(C)C.[Pt]. The first-order valence-corrected chi connectivity index (χ1v) is 21.5. The number of hydrogen-bond acceptors (Lipinski definition) is 3. The van der Waals surface area contributed by atoms with Gasteiger partial charge in [-0.05, 0) is 92.7 Å². The largest absolute Gasteiger partial charge is 0.522 e. The first-order chi connectivity index (χ1) is 31.6. The van der Waals surface area contributed by atoms with Crippen molar-refractivity contribution in [1.82, 2.24) is 19.1 Å². The molecule has 64 heavy (non-hydrogen) atoms. The Hall–Kier alpha value is -6.10. The number of rotatable bonds is 9. The van der Waals surface area contributed by atoms with Gasteiger partial charge in [-0.2, -0.15) is 18.2 Å². The summed E-state index contributed by atoms with van der Waals surface area (Å²) in [6, 6.07) is 49.0. The zero-order valence-corrected chi connectivity index (χ0v) is 40.1. The van der Waals surface area contributed by atoms with Gasteiger partial charge >= 0.3 is 0 Å². The van der Waals surface area contributed by atoms with Crippen molar-refractivity contribution >= 4 is 21.8 Å². The molecule has 0 saturated heterocycles. The summed E-state index contributed by atoms with van der Waals surface area (Å²) >= 11 is 0. The number of hydrogen-bond donors (Lipinski definition) is 0. The summed E-state index contributed by atoms with van der Waals surface area (Å²) in [5.41, 5.74) is 6.56. The summed E-state index contributed by atoms with van der Waals surface area (Å²) in [5.74, 6) is 2.10. The second kappa shape index (κ2) is 17.5. The maximum atomic E-state index is 9.29. The van der Waals surface area contributed by atoms with Gasteiger partial charge in [0, 0.05) is 50.2 Å². The van der Waals surface area contributed by atoms with E-state index in [0.29, 0.717) is 34.1 Å². The summed E-state index contributed by atoms with van der Waals surface area (Å²) < 4.78 is 49.5. The molecule has 326 valence electrons. The van der Waals surface area contributed by atoms with Gasteiger partial charge in [-0.1, -0.05) is 164 Å². The number of aromatic nitrogens is 5. The molecule has 5 aromatic carbocycles. The fourth-order valence-corrected chi connectivity index (χ4v) is 7.94. The van der Waals surface area contributed by atoms with Gasteiger partial charge in [0.1, 0.15) is 5.82 Å². The number of benzene rings is 5. The van der Waals surface area contributed by atoms with Crippen molar-refractivity contribution in [2.75, 3.05) is 0 Å². The van der Waals surface area contributed by atoms with E-state index in [2.05, 4.69) is 104 Å². The van der Waals surface area contributed by atoms with Crippen LogP contribution in [-0.4, -0.2) is 19.1 Å². The molecule has 6 nitrogen and oxygen atoms in total. The number of imidazole rings is 1. The van der Waals surface area contributed by atoms with Gasteiger partial charge in [-0.3, -0.25) is 14.1 Å². The standard InChI is InChI=1S/C57H55N5O.Pt/c1-55(2,3)35-39-28-40(36-56(4,5)6)30-45(29-39)61-38-60(37-52(61)42-18-14-11-15-19-42)53-34-47(25-27-58-53)63-46-21-22-48-49-31-43(41-16-12-10-13-17-41)20-23-50(49)62(51(48)33-46)54-32-44(24-26-59-54)57(7,8)9;/h10-32,37H,35-36H2,1-9H3;/q-2;/i35D2,36D2;. The van der Waals surface area contributed by atoms with Crippen LogP contribution in [0.25, 0.3) is 61.5 Å². The van der Waals surface area contributed by atoms with Gasteiger partial charge in [0.2, 0.25) is 0 Å². The third-order valence-electron chi connectivity index (χ3n) is 10.7. The van der Waals surface area contributed by atoms with Crippen LogP contribution in [0.15, 0.2) is 146 Å². The zero-order valence-electron chi connectivity index (χ0n) is 41.8. The molecule has 9 rings (SSSR count). The summed E-state index contributed by atoms with van der Waals surface area (Å²) in [5, 5.41) is 2.09. The quantitative estimate of drug-likeness (QED) is 0.107. The second-order valence-corrected chi connectivity index (χ2v) is 19.2. The average molecular weight is 1030 g/mol. The number of ether oxygens (including phenoxy) is 1. The van der Waals surface area contributed by atoms with Gasteiger partial charge < -0.3 is 9.30 Å². The molecule has 0 unspecified atom stereocenters. The van der Waals surface area contributed by atoms with E-state index >= 15 is 0 Å². The Morgan fingerprint density at radius 2 is 1.27 bits per heavy atom. The molecule has 0 spiro atoms. The van der Waals surface area contributed by atoms with E-state index in [0.717, 1.165) is 50.0 Å². The molecular formula is C57H55N5OPt-2. The molecule has 0 atom stereocenters. The van der Waals surface area contributed by atoms with Gasteiger partial charge in [0.15, 0.2) is 0 Å². The Balaban J connectivity index is 0.00000625. The average Bonchev–Trinajstić information content (AvgIpc) is 3.88. The minimum absolute atomic E-state index is 0. The first kappa shape index (κ1) is 39.5. The van der Waals surface area contributed by atoms with E-state index in [1.807, 2.05) is 101 Å². The van der Waals surface area contributed by atoms with Crippen LogP contribution in [0.3, 0.4) is 0 Å². The smallest absolute Gasteiger partial charge is 0.269 e. The summed E-state index contributed by atoms with van der Waals surface area (Å²) in [6.45, 7) is 17.8. The molecule has 0 N–H and O–H groups in total. The number of nitrogens with zero attached hydrogens (tertiary/aromatic N) is 5. The Bertz CT molecular complexity index is 3240. The molecular weight excluding hydrogens is 966 g/mol. The minimum Gasteiger partial charge on any atom is -0.522 e. The molecule has 4 heterocycles. The molecule has 0 bridgehead atoms. The fourth-order valence-electron chi connectivity index (χ4n) is 7.94. The van der Waals surface area contributed by atoms with Gasteiger partial charge in [0.05, 0.1) is 17.2 Å². The van der Waals surface area contributed by atoms with Crippen molar-refractivity contribution < 1.29 is 35.9 Å². The summed E-state index contributed by atoms with van der Waals surface area (Å²) in [4.78, 5) is 9.59. The van der Waals surface area contributed by atoms with E-state index < -0.39 is 23.6 Å². The molecule has 0 amide bonds. The van der Waals surface area contributed by atoms with E-state index in [1.54, 1.807) is 35.0 Å². The minimum atomic E-state index is -1.80. The van der Waals surface area contributed by atoms with Crippen LogP contribution < -0.4 is 9.30 Å². The van der Waals surface area contributed by atoms with Crippen LogP contribution in [0.2, 0.25) is 0 Å². The monoisotopic (exact) mass is 1020 g/mol. The summed E-state index contributed by atoms with van der Waals surface area (Å²) in [6.07, 6.45) is 5.30. The Morgan fingerprint density at radius 1 is 0.625 bits per heavy atom. The van der Waals surface area contributed by atoms with Crippen LogP contribution in [0.4, 0.5) is 0 Å². The molecule has 9 aromatic rings. The third-order valence-corrected chi connectivity index (χ3v) is 10.7. The van der Waals surface area contributed by atoms with E-state index in [1.165, 1.54) is 5.56 Å². The molecule has 0 saturated carbocycles. The predicted octanol–water partition coefficient (Wildman–Crippen LogP) is 13.6. The molecule has 0 aliphatic carbocycles. The Morgan fingerprint density at radius 3 is 1.92 bits per heavy atom. The summed E-state index contributed by atoms with van der Waals surface area (Å²) in [7, 11) is 0. The van der Waals surface area contributed by atoms with Crippen LogP contribution in [0.1, 0.15) is 84.5 Å². The van der Waals surface area contributed by atoms with Crippen LogP contribution in [0.5, 0.6) is 11.5 Å². The van der Waals surface area contributed by atoms with Crippen molar-refractivity contribution in [1.29, 1.82) is 0 Å². The van der Waals surface area contributed by atoms with Gasteiger partial charge in [0.25, 0.3) is 6.33 Å². The normalized spacial score (nSPS) is 13.5. The van der Waals surface area contributed by atoms with Crippen LogP contribution in [0, 0.1) is 29.3 Å². The van der Waals surface area contributed by atoms with E-state index in [-0.39, 0.29) is 26.5 Å². The van der Waals surface area contributed by atoms with Crippen molar-refractivity contribution in [3.8, 4) is 51.2 Å². The van der Waals surface area contributed by atoms with Gasteiger partial charge in [-0.25, -0.2) is 4.98 Å². The predicted molar refractivity (Wildman–Crippen MR) is 256 cm³/mol.